The van der Waals surface area contributed by atoms with E-state index in [1.165, 1.54) is 19.2 Å². The highest BCUT2D eigenvalue weighted by atomic mass is 19.4. The van der Waals surface area contributed by atoms with E-state index in [2.05, 4.69) is 5.32 Å². The molecule has 0 unspecified atom stereocenters. The monoisotopic (exact) mass is 367 g/mol. The number of nitrogens with one attached hydrogen (secondary N) is 1. The Hall–Kier alpha value is -3.03. The van der Waals surface area contributed by atoms with E-state index < -0.39 is 30.2 Å². The Balaban J connectivity index is 1.85. The highest BCUT2D eigenvalue weighted by molar-refractivity contribution is 5.93. The minimum Gasteiger partial charge on any atom is -0.497 e. The third-order valence-corrected chi connectivity index (χ3v) is 3.32. The molecule has 0 spiro atoms. The largest absolute Gasteiger partial charge is 0.497 e. The predicted molar refractivity (Wildman–Crippen MR) is 87.7 cm³/mol. The lowest BCUT2D eigenvalue weighted by atomic mass is 10.1. The van der Waals surface area contributed by atoms with Gasteiger partial charge in [0.15, 0.2) is 6.61 Å². The minimum absolute atomic E-state index is 0.151. The topological polar surface area (TPSA) is 64.6 Å². The number of hydrogen-bond acceptors (Lipinski definition) is 4. The number of rotatable bonds is 6. The quantitative estimate of drug-likeness (QED) is 0.795. The second-order valence-corrected chi connectivity index (χ2v) is 5.32. The molecule has 1 N–H and O–H groups in total. The van der Waals surface area contributed by atoms with Crippen molar-refractivity contribution in [3.8, 4) is 5.75 Å². The van der Waals surface area contributed by atoms with Crippen molar-refractivity contribution >= 4 is 17.6 Å². The van der Waals surface area contributed by atoms with E-state index >= 15 is 0 Å². The molecule has 138 valence electrons. The number of methoxy groups -OCH3 is 1. The van der Waals surface area contributed by atoms with Gasteiger partial charge in [-0.3, -0.25) is 9.59 Å². The van der Waals surface area contributed by atoms with Gasteiger partial charge >= 0.3 is 12.1 Å². The van der Waals surface area contributed by atoms with E-state index in [0.717, 1.165) is 12.1 Å². The molecule has 0 aliphatic rings. The first kappa shape index (κ1) is 19.3. The Morgan fingerprint density at radius 2 is 1.81 bits per heavy atom. The number of hydrogen-bond donors (Lipinski definition) is 1. The molecule has 2 aromatic carbocycles. The molecule has 0 aliphatic heterocycles. The van der Waals surface area contributed by atoms with Gasteiger partial charge in [-0.1, -0.05) is 24.3 Å². The fourth-order valence-electron chi connectivity index (χ4n) is 2.12. The SMILES string of the molecule is COc1cccc(NC(=O)COC(=O)Cc2cccc(C(F)(F)F)c2)c1. The van der Waals surface area contributed by atoms with Crippen LogP contribution in [0.25, 0.3) is 0 Å². The second kappa shape index (κ2) is 8.37. The highest BCUT2D eigenvalue weighted by Gasteiger charge is 2.30. The molecule has 2 rings (SSSR count). The molecule has 1 amide bonds. The van der Waals surface area contributed by atoms with Crippen molar-refractivity contribution in [1.82, 2.24) is 0 Å². The molecule has 0 saturated carbocycles. The zero-order chi connectivity index (χ0) is 19.2. The summed E-state index contributed by atoms with van der Waals surface area (Å²) in [5.41, 5.74) is -0.236. The Morgan fingerprint density at radius 3 is 2.50 bits per heavy atom. The molecule has 0 bridgehead atoms. The van der Waals surface area contributed by atoms with Gasteiger partial charge in [0.1, 0.15) is 5.75 Å². The minimum atomic E-state index is -4.49. The van der Waals surface area contributed by atoms with Crippen LogP contribution >= 0.6 is 0 Å². The molecule has 0 saturated heterocycles. The number of esters is 1. The van der Waals surface area contributed by atoms with Crippen molar-refractivity contribution in [2.75, 3.05) is 19.0 Å². The summed E-state index contributed by atoms with van der Waals surface area (Å²) >= 11 is 0. The standard InChI is InChI=1S/C18H16F3NO4/c1-25-15-7-3-6-14(10-15)22-16(23)11-26-17(24)9-12-4-2-5-13(8-12)18(19,20)21/h2-8,10H,9,11H2,1H3,(H,22,23). The van der Waals surface area contributed by atoms with Crippen LogP contribution < -0.4 is 10.1 Å². The van der Waals surface area contributed by atoms with Crippen LogP contribution in [0.5, 0.6) is 5.75 Å². The molecule has 0 aromatic heterocycles. The molecule has 0 fully saturated rings. The van der Waals surface area contributed by atoms with Crippen LogP contribution in [0.3, 0.4) is 0 Å². The summed E-state index contributed by atoms with van der Waals surface area (Å²) in [6, 6.07) is 11.0. The molecule has 0 aliphatic carbocycles. The summed E-state index contributed by atoms with van der Waals surface area (Å²) in [4.78, 5) is 23.5. The Labute approximate surface area is 147 Å². The molecule has 26 heavy (non-hydrogen) atoms. The average Bonchev–Trinajstić information content (AvgIpc) is 2.59. The van der Waals surface area contributed by atoms with Crippen LogP contribution in [0.4, 0.5) is 18.9 Å². The number of benzene rings is 2. The van der Waals surface area contributed by atoms with Gasteiger partial charge in [-0.15, -0.1) is 0 Å². The fraction of sp³-hybridized carbons (Fsp3) is 0.222. The Bertz CT molecular complexity index is 790. The van der Waals surface area contributed by atoms with E-state index in [4.69, 9.17) is 9.47 Å². The van der Waals surface area contributed by atoms with E-state index in [-0.39, 0.29) is 12.0 Å². The zero-order valence-electron chi connectivity index (χ0n) is 13.8. The van der Waals surface area contributed by atoms with Crippen molar-refractivity contribution in [2.24, 2.45) is 0 Å². The first-order valence-corrected chi connectivity index (χ1v) is 7.53. The average molecular weight is 367 g/mol. The van der Waals surface area contributed by atoms with Crippen LogP contribution in [-0.4, -0.2) is 25.6 Å². The third-order valence-electron chi connectivity index (χ3n) is 3.32. The van der Waals surface area contributed by atoms with Gasteiger partial charge in [-0.2, -0.15) is 13.2 Å². The lowest BCUT2D eigenvalue weighted by Crippen LogP contribution is -2.21. The van der Waals surface area contributed by atoms with Gasteiger partial charge in [0.05, 0.1) is 19.1 Å². The summed E-state index contributed by atoms with van der Waals surface area (Å²) in [6.07, 6.45) is -4.85. The number of carbonyl (C=O) groups is 2. The van der Waals surface area contributed by atoms with Crippen molar-refractivity contribution in [3.63, 3.8) is 0 Å². The maximum Gasteiger partial charge on any atom is 0.416 e. The van der Waals surface area contributed by atoms with Crippen molar-refractivity contribution in [2.45, 2.75) is 12.6 Å². The summed E-state index contributed by atoms with van der Waals surface area (Å²) < 4.78 is 47.7. The summed E-state index contributed by atoms with van der Waals surface area (Å²) in [5, 5.41) is 2.52. The molecular formula is C18H16F3NO4. The van der Waals surface area contributed by atoms with Crippen LogP contribution in [0.1, 0.15) is 11.1 Å². The summed E-state index contributed by atoms with van der Waals surface area (Å²) in [5.74, 6) is -0.829. The van der Waals surface area contributed by atoms with Crippen molar-refractivity contribution in [1.29, 1.82) is 0 Å². The van der Waals surface area contributed by atoms with Gasteiger partial charge in [-0.25, -0.2) is 0 Å². The van der Waals surface area contributed by atoms with Gasteiger partial charge in [0, 0.05) is 11.8 Å². The van der Waals surface area contributed by atoms with Crippen molar-refractivity contribution in [3.05, 3.63) is 59.7 Å². The first-order chi connectivity index (χ1) is 12.3. The lowest BCUT2D eigenvalue weighted by Gasteiger charge is -2.09. The normalized spacial score (nSPS) is 10.9. The predicted octanol–water partition coefficient (Wildman–Crippen LogP) is 3.44. The smallest absolute Gasteiger partial charge is 0.416 e. The lowest BCUT2D eigenvalue weighted by molar-refractivity contribution is -0.146. The Morgan fingerprint density at radius 1 is 1.08 bits per heavy atom. The van der Waals surface area contributed by atoms with Gasteiger partial charge < -0.3 is 14.8 Å². The molecule has 2 aromatic rings. The molecular weight excluding hydrogens is 351 g/mol. The van der Waals surface area contributed by atoms with Gasteiger partial charge in [0.2, 0.25) is 0 Å². The van der Waals surface area contributed by atoms with Crippen LogP contribution in [0.15, 0.2) is 48.5 Å². The number of halogens is 3. The number of amides is 1. The molecule has 0 radical (unpaired) electrons. The maximum absolute atomic E-state index is 12.6. The van der Waals surface area contributed by atoms with Crippen molar-refractivity contribution < 1.29 is 32.2 Å². The third kappa shape index (κ3) is 5.80. The van der Waals surface area contributed by atoms with Crippen LogP contribution in [-0.2, 0) is 26.9 Å². The number of carbonyl (C=O) groups excluding carboxylic acids is 2. The van der Waals surface area contributed by atoms with Gasteiger partial charge in [-0.05, 0) is 23.8 Å². The zero-order valence-corrected chi connectivity index (χ0v) is 13.8. The number of ether oxygens (including phenoxy) is 2. The van der Waals surface area contributed by atoms with Crippen LogP contribution in [0, 0.1) is 0 Å². The molecule has 5 nitrogen and oxygen atoms in total. The second-order valence-electron chi connectivity index (χ2n) is 5.32. The van der Waals surface area contributed by atoms with E-state index in [0.29, 0.717) is 11.4 Å². The van der Waals surface area contributed by atoms with E-state index in [1.54, 1.807) is 24.3 Å². The van der Waals surface area contributed by atoms with Crippen LogP contribution in [0.2, 0.25) is 0 Å². The highest BCUT2D eigenvalue weighted by Crippen LogP contribution is 2.29. The number of alkyl halides is 3. The Kier molecular flexibility index (Phi) is 6.21. The molecule has 8 heteroatoms. The fourth-order valence-corrected chi connectivity index (χ4v) is 2.12. The van der Waals surface area contributed by atoms with Gasteiger partial charge in [0.25, 0.3) is 5.91 Å². The van der Waals surface area contributed by atoms with E-state index in [1.807, 2.05) is 0 Å². The number of anilines is 1. The molecule has 0 heterocycles. The van der Waals surface area contributed by atoms with E-state index in [9.17, 15) is 22.8 Å². The maximum atomic E-state index is 12.6. The summed E-state index contributed by atoms with van der Waals surface area (Å²) in [7, 11) is 1.48. The summed E-state index contributed by atoms with van der Waals surface area (Å²) in [6.45, 7) is -0.547. The molecule has 0 atom stereocenters. The first-order valence-electron chi connectivity index (χ1n) is 7.53.